The first kappa shape index (κ1) is 14.2. The van der Waals surface area contributed by atoms with E-state index < -0.39 is 0 Å². The maximum absolute atomic E-state index is 6.15. The van der Waals surface area contributed by atoms with Gasteiger partial charge in [-0.2, -0.15) is 0 Å². The summed E-state index contributed by atoms with van der Waals surface area (Å²) in [7, 11) is 0. The van der Waals surface area contributed by atoms with E-state index in [4.69, 9.17) is 17.3 Å². The van der Waals surface area contributed by atoms with Crippen molar-refractivity contribution in [3.63, 3.8) is 0 Å². The largest absolute Gasteiger partial charge is 0.384 e. The van der Waals surface area contributed by atoms with E-state index in [-0.39, 0.29) is 5.41 Å². The summed E-state index contributed by atoms with van der Waals surface area (Å²) in [4.78, 5) is 9.80. The quantitative estimate of drug-likeness (QED) is 0.845. The van der Waals surface area contributed by atoms with Gasteiger partial charge in [-0.05, 0) is 12.1 Å². The van der Waals surface area contributed by atoms with Crippen molar-refractivity contribution in [2.24, 2.45) is 0 Å². The Kier molecular flexibility index (Phi) is 4.02. The van der Waals surface area contributed by atoms with Crippen LogP contribution in [0.5, 0.6) is 0 Å². The molecule has 1 aromatic carbocycles. The molecule has 0 fully saturated rings. The predicted molar refractivity (Wildman–Crippen MR) is 80.7 cm³/mol. The van der Waals surface area contributed by atoms with Gasteiger partial charge < -0.3 is 5.73 Å². The molecule has 0 aliphatic heterocycles. The van der Waals surface area contributed by atoms with Crippen LogP contribution in [0, 0.1) is 0 Å². The third-order valence-corrected chi connectivity index (χ3v) is 3.88. The molecule has 100 valence electrons. The summed E-state index contributed by atoms with van der Waals surface area (Å²) in [5.41, 5.74) is 5.72. The minimum atomic E-state index is -0.134. The summed E-state index contributed by atoms with van der Waals surface area (Å²) >= 11 is 7.64. The molecule has 1 aromatic heterocycles. The molecule has 2 rings (SSSR count). The number of nitrogen functional groups attached to an aromatic ring is 1. The van der Waals surface area contributed by atoms with E-state index in [1.165, 1.54) is 11.8 Å². The highest BCUT2D eigenvalue weighted by molar-refractivity contribution is 7.99. The van der Waals surface area contributed by atoms with E-state index in [1.807, 2.05) is 24.3 Å². The number of hydrogen-bond donors (Lipinski definition) is 1. The van der Waals surface area contributed by atoms with Crippen LogP contribution >= 0.6 is 23.4 Å². The molecule has 0 saturated heterocycles. The molecule has 0 amide bonds. The second kappa shape index (κ2) is 5.39. The molecular formula is C14H16ClN3S. The zero-order chi connectivity index (χ0) is 14.0. The van der Waals surface area contributed by atoms with Gasteiger partial charge in [0.1, 0.15) is 16.7 Å². The summed E-state index contributed by atoms with van der Waals surface area (Å²) < 4.78 is 0. The number of anilines is 1. The maximum atomic E-state index is 6.15. The molecule has 2 aromatic rings. The minimum Gasteiger partial charge on any atom is -0.384 e. The smallest absolute Gasteiger partial charge is 0.137 e. The van der Waals surface area contributed by atoms with Crippen molar-refractivity contribution in [3.05, 3.63) is 41.2 Å². The molecule has 0 aliphatic rings. The fraction of sp³-hybridized carbons (Fsp3) is 0.286. The molecule has 19 heavy (non-hydrogen) atoms. The molecule has 0 spiro atoms. The van der Waals surface area contributed by atoms with E-state index >= 15 is 0 Å². The second-order valence-electron chi connectivity index (χ2n) is 5.24. The van der Waals surface area contributed by atoms with Gasteiger partial charge in [-0.15, -0.1) is 0 Å². The monoisotopic (exact) mass is 293 g/mol. The molecule has 0 saturated carbocycles. The van der Waals surface area contributed by atoms with Crippen molar-refractivity contribution < 1.29 is 0 Å². The fourth-order valence-electron chi connectivity index (χ4n) is 1.47. The molecule has 3 nitrogen and oxygen atoms in total. The summed E-state index contributed by atoms with van der Waals surface area (Å²) in [5.74, 6) is 1.22. The van der Waals surface area contributed by atoms with Crippen LogP contribution in [-0.2, 0) is 5.41 Å². The van der Waals surface area contributed by atoms with Crippen LogP contribution in [0.4, 0.5) is 5.82 Å². The normalized spacial score (nSPS) is 11.6. The van der Waals surface area contributed by atoms with Crippen LogP contribution < -0.4 is 5.73 Å². The lowest BCUT2D eigenvalue weighted by Crippen LogP contribution is -2.17. The topological polar surface area (TPSA) is 51.8 Å². The van der Waals surface area contributed by atoms with E-state index in [2.05, 4.69) is 30.7 Å². The summed E-state index contributed by atoms with van der Waals surface area (Å²) in [6.45, 7) is 6.18. The lowest BCUT2D eigenvalue weighted by atomic mass is 9.96. The zero-order valence-electron chi connectivity index (χ0n) is 11.1. The minimum absolute atomic E-state index is 0.134. The van der Waals surface area contributed by atoms with Crippen molar-refractivity contribution in [1.29, 1.82) is 0 Å². The molecule has 5 heteroatoms. The molecule has 2 N–H and O–H groups in total. The lowest BCUT2D eigenvalue weighted by Gasteiger charge is -2.17. The van der Waals surface area contributed by atoms with Crippen molar-refractivity contribution in [3.8, 4) is 0 Å². The molecule has 0 bridgehead atoms. The van der Waals surface area contributed by atoms with Gasteiger partial charge in [0, 0.05) is 16.4 Å². The number of nitrogens with zero attached hydrogens (tertiary/aromatic N) is 2. The van der Waals surface area contributed by atoms with Gasteiger partial charge in [0.2, 0.25) is 0 Å². The highest BCUT2D eigenvalue weighted by Gasteiger charge is 2.19. The van der Waals surface area contributed by atoms with Gasteiger partial charge in [-0.25, -0.2) is 9.97 Å². The first-order valence-electron chi connectivity index (χ1n) is 5.94. The van der Waals surface area contributed by atoms with Crippen molar-refractivity contribution in [1.82, 2.24) is 9.97 Å². The molecule has 0 aliphatic carbocycles. The van der Waals surface area contributed by atoms with E-state index in [1.54, 1.807) is 6.07 Å². The SMILES string of the molecule is CC(C)(C)c1nc(N)cc(Sc2ccccc2Cl)n1. The summed E-state index contributed by atoms with van der Waals surface area (Å²) in [6.07, 6.45) is 0. The van der Waals surface area contributed by atoms with Crippen LogP contribution in [0.25, 0.3) is 0 Å². The Balaban J connectivity index is 2.36. The number of aromatic nitrogens is 2. The first-order valence-corrected chi connectivity index (χ1v) is 7.13. The van der Waals surface area contributed by atoms with Crippen molar-refractivity contribution in [2.75, 3.05) is 5.73 Å². The Labute approximate surface area is 122 Å². The number of rotatable bonds is 2. The average Bonchev–Trinajstić information content (AvgIpc) is 2.30. The molecule has 0 radical (unpaired) electrons. The van der Waals surface area contributed by atoms with Gasteiger partial charge in [-0.1, -0.05) is 56.3 Å². The third-order valence-electron chi connectivity index (χ3n) is 2.44. The van der Waals surface area contributed by atoms with Crippen molar-refractivity contribution in [2.45, 2.75) is 36.1 Å². The Bertz CT molecular complexity index is 593. The maximum Gasteiger partial charge on any atom is 0.137 e. The Hall–Kier alpha value is -1.26. The first-order chi connectivity index (χ1) is 8.86. The van der Waals surface area contributed by atoms with Crippen LogP contribution in [0.2, 0.25) is 5.02 Å². The second-order valence-corrected chi connectivity index (χ2v) is 6.71. The van der Waals surface area contributed by atoms with Gasteiger partial charge in [0.25, 0.3) is 0 Å². The third kappa shape index (κ3) is 3.61. The number of hydrogen-bond acceptors (Lipinski definition) is 4. The van der Waals surface area contributed by atoms with E-state index in [9.17, 15) is 0 Å². The van der Waals surface area contributed by atoms with E-state index in [0.29, 0.717) is 10.8 Å². The number of nitrogens with two attached hydrogens (primary N) is 1. The molecule has 1 heterocycles. The highest BCUT2D eigenvalue weighted by Crippen LogP contribution is 2.33. The molecular weight excluding hydrogens is 278 g/mol. The number of benzene rings is 1. The zero-order valence-corrected chi connectivity index (χ0v) is 12.7. The van der Waals surface area contributed by atoms with Crippen LogP contribution in [0.15, 0.2) is 40.3 Å². The van der Waals surface area contributed by atoms with Crippen molar-refractivity contribution >= 4 is 29.2 Å². The molecule has 0 atom stereocenters. The molecule has 0 unspecified atom stereocenters. The predicted octanol–water partition coefficient (Wildman–Crippen LogP) is 4.16. The van der Waals surface area contributed by atoms with Gasteiger partial charge >= 0.3 is 0 Å². The van der Waals surface area contributed by atoms with Gasteiger partial charge in [0.05, 0.1) is 5.02 Å². The van der Waals surface area contributed by atoms with Crippen LogP contribution in [-0.4, -0.2) is 9.97 Å². The fourth-order valence-corrected chi connectivity index (χ4v) is 2.57. The van der Waals surface area contributed by atoms with E-state index in [0.717, 1.165) is 15.7 Å². The Morgan fingerprint density at radius 1 is 1.16 bits per heavy atom. The Morgan fingerprint density at radius 2 is 1.84 bits per heavy atom. The average molecular weight is 294 g/mol. The lowest BCUT2D eigenvalue weighted by molar-refractivity contribution is 0.540. The standard InChI is InChI=1S/C14H16ClN3S/c1-14(2,3)13-17-11(16)8-12(18-13)19-10-7-5-4-6-9(10)15/h4-8H,1-3H3,(H2,16,17,18). The van der Waals surface area contributed by atoms with Crippen LogP contribution in [0.1, 0.15) is 26.6 Å². The summed E-state index contributed by atoms with van der Waals surface area (Å²) in [6, 6.07) is 9.44. The summed E-state index contributed by atoms with van der Waals surface area (Å²) in [5, 5.41) is 1.52. The van der Waals surface area contributed by atoms with Gasteiger partial charge in [-0.3, -0.25) is 0 Å². The number of halogens is 1. The highest BCUT2D eigenvalue weighted by atomic mass is 35.5. The Morgan fingerprint density at radius 3 is 2.47 bits per heavy atom. The van der Waals surface area contributed by atoms with Gasteiger partial charge in [0.15, 0.2) is 0 Å². The van der Waals surface area contributed by atoms with Crippen LogP contribution in [0.3, 0.4) is 0 Å².